The predicted molar refractivity (Wildman–Crippen MR) is 108 cm³/mol. The average Bonchev–Trinajstić information content (AvgIpc) is 2.72. The maximum atomic E-state index is 6.17. The molecule has 0 saturated carbocycles. The number of benzene rings is 2. The molecule has 3 rings (SSSR count). The molecular weight excluding hydrogens is 320 g/mol. The van der Waals surface area contributed by atoms with E-state index in [4.69, 9.17) is 9.47 Å². The molecule has 1 heterocycles. The molecule has 0 radical (unpaired) electrons. The van der Waals surface area contributed by atoms with Gasteiger partial charge >= 0.3 is 0 Å². The van der Waals surface area contributed by atoms with Crippen molar-refractivity contribution in [1.29, 1.82) is 0 Å². The van der Waals surface area contributed by atoms with Crippen LogP contribution in [-0.4, -0.2) is 13.7 Å². The van der Waals surface area contributed by atoms with Gasteiger partial charge in [-0.1, -0.05) is 91.0 Å². The molecule has 0 unspecified atom stereocenters. The van der Waals surface area contributed by atoms with Crippen molar-refractivity contribution in [3.63, 3.8) is 0 Å². The molecule has 2 aromatic carbocycles. The number of methoxy groups -OCH3 is 1. The summed E-state index contributed by atoms with van der Waals surface area (Å²) in [6, 6.07) is 20.3. The Morgan fingerprint density at radius 1 is 0.769 bits per heavy atom. The van der Waals surface area contributed by atoms with Gasteiger partial charge in [0.15, 0.2) is 0 Å². The average molecular weight is 342 g/mol. The van der Waals surface area contributed by atoms with Gasteiger partial charge in [0, 0.05) is 18.2 Å². The third kappa shape index (κ3) is 4.95. The highest BCUT2D eigenvalue weighted by Gasteiger charge is 2.14. The van der Waals surface area contributed by atoms with Crippen LogP contribution >= 0.6 is 0 Å². The smallest absolute Gasteiger partial charge is 0.135 e. The summed E-state index contributed by atoms with van der Waals surface area (Å²) in [6.07, 6.45) is 14.2. The molecule has 0 aliphatic carbocycles. The van der Waals surface area contributed by atoms with Crippen LogP contribution in [0, 0.1) is 0 Å². The number of rotatable bonds is 6. The van der Waals surface area contributed by atoms with Crippen LogP contribution in [0.25, 0.3) is 11.5 Å². The highest BCUT2D eigenvalue weighted by molar-refractivity contribution is 5.77. The molecule has 0 aromatic heterocycles. The van der Waals surface area contributed by atoms with Crippen LogP contribution in [0.2, 0.25) is 0 Å². The molecule has 2 aromatic rings. The highest BCUT2D eigenvalue weighted by atomic mass is 16.5. The number of hydrogen-bond donors (Lipinski definition) is 0. The largest absolute Gasteiger partial charge is 0.456 e. The van der Waals surface area contributed by atoms with Crippen LogP contribution in [-0.2, 0) is 9.47 Å². The highest BCUT2D eigenvalue weighted by Crippen LogP contribution is 2.31. The summed E-state index contributed by atoms with van der Waals surface area (Å²) >= 11 is 0. The molecule has 1 aliphatic rings. The Bertz CT molecular complexity index is 796. The molecular formula is C24H22O2. The summed E-state index contributed by atoms with van der Waals surface area (Å²) in [6.45, 7) is 0.616. The van der Waals surface area contributed by atoms with Gasteiger partial charge in [0.25, 0.3) is 0 Å². The Labute approximate surface area is 155 Å². The number of hydrogen-bond acceptors (Lipinski definition) is 2. The monoisotopic (exact) mass is 342 g/mol. The summed E-state index contributed by atoms with van der Waals surface area (Å²) in [5.74, 6) is 1.70. The quantitative estimate of drug-likeness (QED) is 0.619. The first-order chi connectivity index (χ1) is 12.9. The zero-order valence-corrected chi connectivity index (χ0v) is 14.8. The summed E-state index contributed by atoms with van der Waals surface area (Å²) in [7, 11) is 1.68. The van der Waals surface area contributed by atoms with Crippen LogP contribution in [0.3, 0.4) is 0 Å². The first kappa shape index (κ1) is 17.7. The van der Waals surface area contributed by atoms with Gasteiger partial charge in [0.1, 0.15) is 11.5 Å². The normalized spacial score (nSPS) is 14.3. The molecule has 1 aliphatic heterocycles. The van der Waals surface area contributed by atoms with Crippen molar-refractivity contribution in [2.75, 3.05) is 13.7 Å². The second kappa shape index (κ2) is 9.40. The molecule has 0 saturated heterocycles. The SMILES string of the molecule is COC/C=C/C=C/C=C1C=C(c2ccccc2)OC(c2ccccc2)=C1. The molecule has 0 bridgehead atoms. The van der Waals surface area contributed by atoms with Crippen LogP contribution in [0.4, 0.5) is 0 Å². The Balaban J connectivity index is 1.89. The Kier molecular flexibility index (Phi) is 6.40. The van der Waals surface area contributed by atoms with E-state index in [1.54, 1.807) is 7.11 Å². The molecule has 130 valence electrons. The lowest BCUT2D eigenvalue weighted by Crippen LogP contribution is -1.99. The van der Waals surface area contributed by atoms with Crippen molar-refractivity contribution in [3.05, 3.63) is 120 Å². The molecule has 0 amide bonds. The number of allylic oxidation sites excluding steroid dienone is 7. The van der Waals surface area contributed by atoms with E-state index in [2.05, 4.69) is 42.5 Å². The fraction of sp³-hybridized carbons (Fsp3) is 0.0833. The van der Waals surface area contributed by atoms with E-state index < -0.39 is 0 Å². The van der Waals surface area contributed by atoms with Crippen molar-refractivity contribution in [1.82, 2.24) is 0 Å². The third-order valence-electron chi connectivity index (χ3n) is 3.84. The topological polar surface area (TPSA) is 18.5 Å². The molecule has 0 N–H and O–H groups in total. The summed E-state index contributed by atoms with van der Waals surface area (Å²) < 4.78 is 11.2. The first-order valence-electron chi connectivity index (χ1n) is 8.61. The van der Waals surface area contributed by atoms with Crippen LogP contribution < -0.4 is 0 Å². The first-order valence-corrected chi connectivity index (χ1v) is 8.61. The van der Waals surface area contributed by atoms with E-state index in [9.17, 15) is 0 Å². The summed E-state index contributed by atoms with van der Waals surface area (Å²) in [4.78, 5) is 0. The number of ether oxygens (including phenoxy) is 2. The maximum Gasteiger partial charge on any atom is 0.135 e. The second-order valence-electron chi connectivity index (χ2n) is 5.79. The van der Waals surface area contributed by atoms with Crippen LogP contribution in [0.15, 0.2) is 109 Å². The zero-order valence-electron chi connectivity index (χ0n) is 14.8. The lowest BCUT2D eigenvalue weighted by Gasteiger charge is -2.18. The van der Waals surface area contributed by atoms with Gasteiger partial charge in [-0.15, -0.1) is 0 Å². The van der Waals surface area contributed by atoms with Gasteiger partial charge in [-0.25, -0.2) is 0 Å². The van der Waals surface area contributed by atoms with Gasteiger partial charge < -0.3 is 9.47 Å². The molecule has 0 fully saturated rings. The lowest BCUT2D eigenvalue weighted by molar-refractivity contribution is 0.234. The summed E-state index contributed by atoms with van der Waals surface area (Å²) in [5.41, 5.74) is 3.21. The second-order valence-corrected chi connectivity index (χ2v) is 5.79. The zero-order chi connectivity index (χ0) is 18.0. The summed E-state index contributed by atoms with van der Waals surface area (Å²) in [5, 5.41) is 0. The van der Waals surface area contributed by atoms with Gasteiger partial charge in [0.05, 0.1) is 6.61 Å². The van der Waals surface area contributed by atoms with E-state index in [0.717, 1.165) is 28.2 Å². The van der Waals surface area contributed by atoms with Crippen molar-refractivity contribution >= 4 is 11.5 Å². The minimum atomic E-state index is 0.616. The van der Waals surface area contributed by atoms with E-state index in [-0.39, 0.29) is 0 Å². The molecule has 2 heteroatoms. The fourth-order valence-electron chi connectivity index (χ4n) is 2.57. The van der Waals surface area contributed by atoms with E-state index in [1.165, 1.54) is 0 Å². The van der Waals surface area contributed by atoms with Crippen molar-refractivity contribution in [2.45, 2.75) is 0 Å². The van der Waals surface area contributed by atoms with Crippen LogP contribution in [0.1, 0.15) is 11.1 Å². The Morgan fingerprint density at radius 2 is 1.35 bits per heavy atom. The van der Waals surface area contributed by atoms with E-state index in [0.29, 0.717) is 6.61 Å². The standard InChI is InChI=1S/C24H22O2/c1-25-17-11-3-2-6-12-20-18-23(21-13-7-4-8-14-21)26-24(19-20)22-15-9-5-10-16-22/h2-16,18-19H,17H2,1H3/b6-2+,11-3+. The molecule has 0 spiro atoms. The fourth-order valence-corrected chi connectivity index (χ4v) is 2.57. The lowest BCUT2D eigenvalue weighted by atomic mass is 10.0. The van der Waals surface area contributed by atoms with Gasteiger partial charge in [-0.2, -0.15) is 0 Å². The van der Waals surface area contributed by atoms with Crippen molar-refractivity contribution in [2.24, 2.45) is 0 Å². The molecule has 26 heavy (non-hydrogen) atoms. The van der Waals surface area contributed by atoms with Gasteiger partial charge in [-0.05, 0) is 17.7 Å². The van der Waals surface area contributed by atoms with E-state index in [1.807, 2.05) is 60.7 Å². The minimum absolute atomic E-state index is 0.616. The Hall–Kier alpha value is -3.10. The Morgan fingerprint density at radius 3 is 1.88 bits per heavy atom. The minimum Gasteiger partial charge on any atom is -0.456 e. The molecule has 0 atom stereocenters. The van der Waals surface area contributed by atoms with Crippen LogP contribution in [0.5, 0.6) is 0 Å². The molecule has 2 nitrogen and oxygen atoms in total. The maximum absolute atomic E-state index is 6.17. The van der Waals surface area contributed by atoms with Gasteiger partial charge in [0.2, 0.25) is 0 Å². The van der Waals surface area contributed by atoms with Crippen molar-refractivity contribution in [3.8, 4) is 0 Å². The van der Waals surface area contributed by atoms with Crippen molar-refractivity contribution < 1.29 is 9.47 Å². The van der Waals surface area contributed by atoms with E-state index >= 15 is 0 Å². The third-order valence-corrected chi connectivity index (χ3v) is 3.84. The van der Waals surface area contributed by atoms with Gasteiger partial charge in [-0.3, -0.25) is 0 Å². The predicted octanol–water partition coefficient (Wildman–Crippen LogP) is 5.78.